The Kier molecular flexibility index (Phi) is 68.7. The molecular formula is C118H170O20. The van der Waals surface area contributed by atoms with Crippen LogP contribution in [0.15, 0.2) is 182 Å². The van der Waals surface area contributed by atoms with Crippen LogP contribution in [0.2, 0.25) is 0 Å². The Morgan fingerprint density at radius 1 is 0.196 bits per heavy atom. The maximum Gasteiger partial charge on any atom is 0.338 e. The molecule has 762 valence electrons. The van der Waals surface area contributed by atoms with Gasteiger partial charge in [-0.1, -0.05) is 361 Å². The lowest BCUT2D eigenvalue weighted by atomic mass is 9.97. The van der Waals surface area contributed by atoms with Crippen LogP contribution in [0.5, 0.6) is 0 Å². The van der Waals surface area contributed by atoms with Crippen LogP contribution in [0.3, 0.4) is 0 Å². The first-order chi connectivity index (χ1) is 66.8. The van der Waals surface area contributed by atoms with Gasteiger partial charge in [-0.15, -0.1) is 0 Å². The summed E-state index contributed by atoms with van der Waals surface area (Å²) in [6, 6.07) is 51.7. The summed E-state index contributed by atoms with van der Waals surface area (Å²) in [4.78, 5) is 122. The molecule has 20 nitrogen and oxygen atoms in total. The van der Waals surface area contributed by atoms with Gasteiger partial charge in [-0.3, -0.25) is 0 Å². The molecule has 0 heterocycles. The van der Waals surface area contributed by atoms with Gasteiger partial charge in [-0.05, 0) is 195 Å². The van der Waals surface area contributed by atoms with E-state index < -0.39 is 29.8 Å². The molecule has 0 aliphatic heterocycles. The van der Waals surface area contributed by atoms with Crippen LogP contribution in [0.25, 0.3) is 0 Å². The molecule has 0 bridgehead atoms. The number of ether oxygens (including phenoxy) is 10. The summed E-state index contributed by atoms with van der Waals surface area (Å²) in [5.74, 6) is -0.493. The van der Waals surface area contributed by atoms with Gasteiger partial charge in [0.05, 0.1) is 108 Å². The summed E-state index contributed by atoms with van der Waals surface area (Å²) in [6.45, 7) is 34.2. The molecule has 0 aliphatic carbocycles. The molecule has 138 heavy (non-hydrogen) atoms. The van der Waals surface area contributed by atoms with Crippen LogP contribution in [0.4, 0.5) is 0 Å². The molecule has 0 aromatic heterocycles. The average molecular weight is 1910 g/mol. The van der Waals surface area contributed by atoms with Gasteiger partial charge in [0, 0.05) is 0 Å². The number of benzene rings is 7. The van der Waals surface area contributed by atoms with Crippen LogP contribution < -0.4 is 0 Å². The van der Waals surface area contributed by atoms with Crippen LogP contribution >= 0.6 is 0 Å². The van der Waals surface area contributed by atoms with E-state index in [2.05, 4.69) is 83.1 Å². The zero-order chi connectivity index (χ0) is 101. The monoisotopic (exact) mass is 1910 g/mol. The van der Waals surface area contributed by atoms with Gasteiger partial charge in [0.1, 0.15) is 13.2 Å². The third-order valence-electron chi connectivity index (χ3n) is 23.4. The molecule has 3 unspecified atom stereocenters. The minimum atomic E-state index is -0.461. The number of carbonyl (C=O) groups excluding carboxylic acids is 10. The molecular weight excluding hydrogens is 1740 g/mol. The first-order valence-electron chi connectivity index (χ1n) is 52.1. The first-order valence-corrected chi connectivity index (χ1v) is 52.1. The fourth-order valence-corrected chi connectivity index (χ4v) is 14.6. The standard InChI is InChI=1S/C28H46O4.C26H42O4.C23H28O4.C22H34O4.C19H20O4/c1-5-7-11-17-24(15-6-2)22-32-28(30)26-19-14-18-25(21-26)27(29)31-20-13-10-8-9-12-16-23(3)4;1-5-7-15-22(6-2)20-30-26(28)24-17-13-16-23(19-24)25(27)29-18-12-10-8-9-11-14-21(3)4;1-3-5-10-18(4-2)16-26-22(24)20-13-9-14-21(15-20)23(25)27-17-19-11-7-6-8-12-19;1-4-5-15-25-21(23)19-13-11-14-20(17-19)22(24)26-16-10-8-6-7-9-12-18(2)3;1-2-3-12-22-18(20)16-10-7-11-17(13-16)19(21)23-14-15-8-5-4-6-9-15/h14,18-19,21,23-24H,5-13,15-17,20,22H2,1-4H3;13,16-17,19,21-22H,5-12,14-15,18,20H2,1-4H3;6-9,11-15,18H,3-5,10,16-17H2,1-2H3;11,13-14,17-18H,4-10,12,15-16H2,1-3H3;4-11,13H,2-3,12,14H2,1H3. The van der Waals surface area contributed by atoms with Crippen molar-refractivity contribution in [1.82, 2.24) is 0 Å². The second-order valence-corrected chi connectivity index (χ2v) is 37.0. The van der Waals surface area contributed by atoms with E-state index in [1.165, 1.54) is 108 Å². The van der Waals surface area contributed by atoms with Crippen molar-refractivity contribution in [2.24, 2.45) is 35.5 Å². The fourth-order valence-electron chi connectivity index (χ4n) is 14.6. The zero-order valence-electron chi connectivity index (χ0n) is 86.5. The van der Waals surface area contributed by atoms with Crippen molar-refractivity contribution in [3.8, 4) is 0 Å². The summed E-state index contributed by atoms with van der Waals surface area (Å²) in [6.07, 6.45) is 40.0. The van der Waals surface area contributed by atoms with E-state index in [1.807, 2.05) is 74.5 Å². The van der Waals surface area contributed by atoms with E-state index in [0.29, 0.717) is 126 Å². The van der Waals surface area contributed by atoms with E-state index in [9.17, 15) is 47.9 Å². The van der Waals surface area contributed by atoms with Crippen molar-refractivity contribution in [1.29, 1.82) is 0 Å². The summed E-state index contributed by atoms with van der Waals surface area (Å²) >= 11 is 0. The van der Waals surface area contributed by atoms with Crippen molar-refractivity contribution >= 4 is 59.7 Å². The van der Waals surface area contributed by atoms with Crippen LogP contribution in [0.1, 0.15) is 443 Å². The largest absolute Gasteiger partial charge is 0.462 e. The lowest BCUT2D eigenvalue weighted by Crippen LogP contribution is -2.15. The predicted octanol–water partition coefficient (Wildman–Crippen LogP) is 30.4. The lowest BCUT2D eigenvalue weighted by Gasteiger charge is -2.16. The number of hydrogen-bond donors (Lipinski definition) is 0. The highest BCUT2D eigenvalue weighted by molar-refractivity contribution is 5.98. The van der Waals surface area contributed by atoms with Gasteiger partial charge in [-0.2, -0.15) is 0 Å². The van der Waals surface area contributed by atoms with E-state index >= 15 is 0 Å². The second-order valence-electron chi connectivity index (χ2n) is 37.0. The van der Waals surface area contributed by atoms with Gasteiger partial charge < -0.3 is 47.4 Å². The second kappa shape index (κ2) is 78.1. The Bertz CT molecular complexity index is 4460. The molecule has 7 aromatic rings. The molecule has 0 radical (unpaired) electrons. The van der Waals surface area contributed by atoms with Crippen molar-refractivity contribution in [2.45, 2.75) is 341 Å². The van der Waals surface area contributed by atoms with Gasteiger partial charge >= 0.3 is 59.7 Å². The topological polar surface area (TPSA) is 263 Å². The van der Waals surface area contributed by atoms with E-state index in [1.54, 1.807) is 109 Å². The molecule has 0 N–H and O–H groups in total. The Morgan fingerprint density at radius 2 is 0.413 bits per heavy atom. The summed E-state index contributed by atoms with van der Waals surface area (Å²) in [5.41, 5.74) is 5.65. The van der Waals surface area contributed by atoms with E-state index in [0.717, 1.165) is 164 Å². The maximum atomic E-state index is 12.5. The van der Waals surface area contributed by atoms with Crippen molar-refractivity contribution < 1.29 is 95.3 Å². The van der Waals surface area contributed by atoms with Crippen LogP contribution in [-0.4, -0.2) is 113 Å². The smallest absolute Gasteiger partial charge is 0.338 e. The normalized spacial score (nSPS) is 11.4. The number of hydrogen-bond acceptors (Lipinski definition) is 20. The Balaban J connectivity index is 0.000000445. The molecule has 0 saturated heterocycles. The number of esters is 10. The quantitative estimate of drug-likeness (QED) is 0.0195. The average Bonchev–Trinajstić information content (AvgIpc) is 0.891. The van der Waals surface area contributed by atoms with Gasteiger partial charge in [-0.25, -0.2) is 47.9 Å². The highest BCUT2D eigenvalue weighted by Crippen LogP contribution is 2.24. The SMILES string of the molecule is CCCCC(CC)COC(=O)c1cccc(C(=O)OCCCCCCCC(C)C)c1.CCCCC(CC)COC(=O)c1cccc(C(=O)OCc2ccccc2)c1.CCCCCC(CCC)COC(=O)c1cccc(C(=O)OCCCCCCCC(C)C)c1.CCCCOC(=O)c1cccc(C(=O)OCCCCCCCC(C)C)c1.CCCCOC(=O)c1cccc(C(=O)OCc2ccccc2)c1. The van der Waals surface area contributed by atoms with Crippen molar-refractivity contribution in [2.75, 3.05) is 52.9 Å². The molecule has 7 rings (SSSR count). The van der Waals surface area contributed by atoms with Gasteiger partial charge in [0.15, 0.2) is 0 Å². The first kappa shape index (κ1) is 121. The third kappa shape index (κ3) is 57.6. The molecule has 20 heteroatoms. The molecule has 7 aromatic carbocycles. The molecule has 0 spiro atoms. The fraction of sp³-hybridized carbons (Fsp3) is 0.559. The van der Waals surface area contributed by atoms with Crippen LogP contribution in [0, 0.1) is 35.5 Å². The lowest BCUT2D eigenvalue weighted by molar-refractivity contribution is 0.0415. The number of carbonyl (C=O) groups is 10. The van der Waals surface area contributed by atoms with Crippen LogP contribution in [-0.2, 0) is 60.6 Å². The van der Waals surface area contributed by atoms with E-state index in [4.69, 9.17) is 47.4 Å². The molecule has 0 aliphatic rings. The minimum absolute atomic E-state index is 0.198. The summed E-state index contributed by atoms with van der Waals surface area (Å²) in [7, 11) is 0. The summed E-state index contributed by atoms with van der Waals surface area (Å²) in [5, 5.41) is 0. The highest BCUT2D eigenvalue weighted by Gasteiger charge is 2.22. The minimum Gasteiger partial charge on any atom is -0.462 e. The zero-order valence-corrected chi connectivity index (χ0v) is 86.5. The summed E-state index contributed by atoms with van der Waals surface area (Å²) < 4.78 is 53.5. The number of unbranched alkanes of at least 4 members (excludes halogenated alkanes) is 18. The van der Waals surface area contributed by atoms with Gasteiger partial charge in [0.2, 0.25) is 0 Å². The van der Waals surface area contributed by atoms with Crippen molar-refractivity contribution in [3.63, 3.8) is 0 Å². The Morgan fingerprint density at radius 3 is 0.659 bits per heavy atom. The van der Waals surface area contributed by atoms with Crippen molar-refractivity contribution in [3.05, 3.63) is 249 Å². The van der Waals surface area contributed by atoms with Gasteiger partial charge in [0.25, 0.3) is 0 Å². The number of rotatable bonds is 64. The molecule has 3 atom stereocenters. The molecule has 0 fully saturated rings. The maximum absolute atomic E-state index is 12.5. The highest BCUT2D eigenvalue weighted by atomic mass is 16.6. The third-order valence-corrected chi connectivity index (χ3v) is 23.4. The predicted molar refractivity (Wildman–Crippen MR) is 552 cm³/mol. The Hall–Kier alpha value is -10.8. The molecule has 0 amide bonds. The van der Waals surface area contributed by atoms with E-state index in [-0.39, 0.29) is 43.1 Å². The molecule has 0 saturated carbocycles. The Labute approximate surface area is 828 Å².